The van der Waals surface area contributed by atoms with Gasteiger partial charge >= 0.3 is 0 Å². The lowest BCUT2D eigenvalue weighted by molar-refractivity contribution is 0.102. The maximum absolute atomic E-state index is 12.6. The standard InChI is InChI=1S/C22H20N4O/c1-2-17-10-6-7-11-20(17)25-22(27)19-12-18-14-24-26(21(18)23-13-19)15-16-8-4-3-5-9-16/h3-14H,2,15H2,1H3,(H,25,27). The molecule has 2 aromatic heterocycles. The molecular weight excluding hydrogens is 336 g/mol. The molecule has 5 nitrogen and oxygen atoms in total. The Bertz CT molecular complexity index is 1090. The summed E-state index contributed by atoms with van der Waals surface area (Å²) in [4.78, 5) is 17.1. The largest absolute Gasteiger partial charge is 0.322 e. The van der Waals surface area contributed by atoms with Gasteiger partial charge in [0.1, 0.15) is 0 Å². The molecule has 0 aliphatic rings. The van der Waals surface area contributed by atoms with E-state index < -0.39 is 0 Å². The smallest absolute Gasteiger partial charge is 0.257 e. The van der Waals surface area contributed by atoms with Crippen LogP contribution in [0.15, 0.2) is 73.1 Å². The fourth-order valence-electron chi connectivity index (χ4n) is 3.11. The third-order valence-corrected chi connectivity index (χ3v) is 4.56. The number of nitrogens with zero attached hydrogens (tertiary/aromatic N) is 3. The number of amides is 1. The SMILES string of the molecule is CCc1ccccc1NC(=O)c1cnc2c(cnn2Cc2ccccc2)c1. The minimum atomic E-state index is -0.166. The molecule has 1 amide bonds. The van der Waals surface area contributed by atoms with Crippen LogP contribution in [0.1, 0.15) is 28.4 Å². The number of nitrogens with one attached hydrogen (secondary N) is 1. The summed E-state index contributed by atoms with van der Waals surface area (Å²) in [6, 6.07) is 19.8. The molecule has 0 fully saturated rings. The van der Waals surface area contributed by atoms with E-state index in [1.54, 1.807) is 12.4 Å². The van der Waals surface area contributed by atoms with Gasteiger partial charge in [0.25, 0.3) is 5.91 Å². The van der Waals surface area contributed by atoms with E-state index in [0.29, 0.717) is 12.1 Å². The molecule has 27 heavy (non-hydrogen) atoms. The number of hydrogen-bond acceptors (Lipinski definition) is 3. The molecule has 4 aromatic rings. The number of hydrogen-bond donors (Lipinski definition) is 1. The normalized spacial score (nSPS) is 10.9. The number of aromatic nitrogens is 3. The minimum absolute atomic E-state index is 0.166. The number of aryl methyl sites for hydroxylation is 1. The highest BCUT2D eigenvalue weighted by Crippen LogP contribution is 2.19. The van der Waals surface area contributed by atoms with E-state index in [0.717, 1.165) is 34.3 Å². The van der Waals surface area contributed by atoms with E-state index in [-0.39, 0.29) is 5.91 Å². The van der Waals surface area contributed by atoms with Crippen LogP contribution < -0.4 is 5.32 Å². The first-order valence-corrected chi connectivity index (χ1v) is 8.99. The van der Waals surface area contributed by atoms with Gasteiger partial charge in [-0.15, -0.1) is 0 Å². The molecule has 0 aliphatic heterocycles. The number of carbonyl (C=O) groups is 1. The van der Waals surface area contributed by atoms with Crippen molar-refractivity contribution in [2.45, 2.75) is 19.9 Å². The zero-order valence-corrected chi connectivity index (χ0v) is 15.1. The molecule has 4 rings (SSSR count). The van der Waals surface area contributed by atoms with E-state index in [2.05, 4.69) is 34.5 Å². The van der Waals surface area contributed by atoms with Gasteiger partial charge < -0.3 is 5.32 Å². The molecule has 2 aromatic carbocycles. The van der Waals surface area contributed by atoms with Crippen molar-refractivity contribution in [1.82, 2.24) is 14.8 Å². The lowest BCUT2D eigenvalue weighted by atomic mass is 10.1. The van der Waals surface area contributed by atoms with Gasteiger partial charge in [0, 0.05) is 17.3 Å². The number of anilines is 1. The van der Waals surface area contributed by atoms with Crippen molar-refractivity contribution in [3.63, 3.8) is 0 Å². The summed E-state index contributed by atoms with van der Waals surface area (Å²) in [5, 5.41) is 8.26. The van der Waals surface area contributed by atoms with Crippen LogP contribution in [0.25, 0.3) is 11.0 Å². The summed E-state index contributed by atoms with van der Waals surface area (Å²) in [7, 11) is 0. The predicted octanol–water partition coefficient (Wildman–Crippen LogP) is 4.29. The molecule has 0 radical (unpaired) electrons. The number of fused-ring (bicyclic) bond motifs is 1. The van der Waals surface area contributed by atoms with E-state index in [1.165, 1.54) is 0 Å². The monoisotopic (exact) mass is 356 g/mol. The van der Waals surface area contributed by atoms with E-state index in [9.17, 15) is 4.79 Å². The Morgan fingerprint density at radius 3 is 2.63 bits per heavy atom. The average Bonchev–Trinajstić information content (AvgIpc) is 3.11. The Morgan fingerprint density at radius 1 is 1.04 bits per heavy atom. The van der Waals surface area contributed by atoms with Crippen LogP contribution in [0.4, 0.5) is 5.69 Å². The maximum atomic E-state index is 12.6. The van der Waals surface area contributed by atoms with Crippen molar-refractivity contribution >= 4 is 22.6 Å². The lowest BCUT2D eigenvalue weighted by Gasteiger charge is -2.09. The van der Waals surface area contributed by atoms with Gasteiger partial charge in [0.05, 0.1) is 18.3 Å². The van der Waals surface area contributed by atoms with Crippen LogP contribution in [-0.4, -0.2) is 20.7 Å². The Labute approximate surface area is 157 Å². The summed E-state index contributed by atoms with van der Waals surface area (Å²) in [6.07, 6.45) is 4.22. The Balaban J connectivity index is 1.58. The Hall–Kier alpha value is -3.47. The van der Waals surface area contributed by atoms with Crippen molar-refractivity contribution in [2.24, 2.45) is 0 Å². The first kappa shape index (κ1) is 17.0. The molecule has 0 spiro atoms. The zero-order valence-electron chi connectivity index (χ0n) is 15.1. The second-order valence-corrected chi connectivity index (χ2v) is 6.39. The maximum Gasteiger partial charge on any atom is 0.257 e. The highest BCUT2D eigenvalue weighted by molar-refractivity contribution is 6.05. The molecule has 0 saturated heterocycles. The number of rotatable bonds is 5. The topological polar surface area (TPSA) is 59.8 Å². The van der Waals surface area contributed by atoms with E-state index in [1.807, 2.05) is 53.2 Å². The third kappa shape index (κ3) is 3.58. The van der Waals surface area contributed by atoms with E-state index in [4.69, 9.17) is 0 Å². The van der Waals surface area contributed by atoms with Gasteiger partial charge in [0.15, 0.2) is 5.65 Å². The summed E-state index contributed by atoms with van der Waals surface area (Å²) in [6.45, 7) is 2.71. The van der Waals surface area contributed by atoms with Gasteiger partial charge in [-0.2, -0.15) is 5.10 Å². The Kier molecular flexibility index (Phi) is 4.66. The first-order valence-electron chi connectivity index (χ1n) is 8.99. The molecule has 0 bridgehead atoms. The molecule has 0 saturated carbocycles. The van der Waals surface area contributed by atoms with Crippen molar-refractivity contribution in [3.8, 4) is 0 Å². The number of carbonyl (C=O) groups excluding carboxylic acids is 1. The number of benzene rings is 2. The van der Waals surface area contributed by atoms with Crippen LogP contribution >= 0.6 is 0 Å². The van der Waals surface area contributed by atoms with Crippen LogP contribution in [0.3, 0.4) is 0 Å². The van der Waals surface area contributed by atoms with Gasteiger partial charge in [-0.05, 0) is 29.7 Å². The van der Waals surface area contributed by atoms with Crippen LogP contribution in [0.5, 0.6) is 0 Å². The Morgan fingerprint density at radius 2 is 1.81 bits per heavy atom. The average molecular weight is 356 g/mol. The van der Waals surface area contributed by atoms with Crippen molar-refractivity contribution < 1.29 is 4.79 Å². The zero-order chi connectivity index (χ0) is 18.6. The van der Waals surface area contributed by atoms with Gasteiger partial charge in [0.2, 0.25) is 0 Å². The number of pyridine rings is 1. The molecule has 2 heterocycles. The fraction of sp³-hybridized carbons (Fsp3) is 0.136. The summed E-state index contributed by atoms with van der Waals surface area (Å²) < 4.78 is 1.85. The van der Waals surface area contributed by atoms with Crippen LogP contribution in [-0.2, 0) is 13.0 Å². The fourth-order valence-corrected chi connectivity index (χ4v) is 3.11. The summed E-state index contributed by atoms with van der Waals surface area (Å²) >= 11 is 0. The molecule has 0 atom stereocenters. The summed E-state index contributed by atoms with van der Waals surface area (Å²) in [5.74, 6) is -0.166. The quantitative estimate of drug-likeness (QED) is 0.580. The molecule has 134 valence electrons. The second kappa shape index (κ2) is 7.41. The molecular formula is C22H20N4O. The first-order chi connectivity index (χ1) is 13.2. The number of para-hydroxylation sites is 1. The molecule has 0 aliphatic carbocycles. The molecule has 1 N–H and O–H groups in total. The van der Waals surface area contributed by atoms with Gasteiger partial charge in [-0.25, -0.2) is 9.67 Å². The lowest BCUT2D eigenvalue weighted by Crippen LogP contribution is -2.13. The third-order valence-electron chi connectivity index (χ3n) is 4.56. The van der Waals surface area contributed by atoms with Crippen molar-refractivity contribution in [3.05, 3.63) is 89.7 Å². The van der Waals surface area contributed by atoms with Crippen LogP contribution in [0.2, 0.25) is 0 Å². The van der Waals surface area contributed by atoms with Crippen molar-refractivity contribution in [2.75, 3.05) is 5.32 Å². The van der Waals surface area contributed by atoms with Crippen LogP contribution in [0, 0.1) is 0 Å². The summed E-state index contributed by atoms with van der Waals surface area (Å²) in [5.41, 5.74) is 4.39. The van der Waals surface area contributed by atoms with Gasteiger partial charge in [-0.3, -0.25) is 4.79 Å². The molecule has 0 unspecified atom stereocenters. The molecule has 5 heteroatoms. The second-order valence-electron chi connectivity index (χ2n) is 6.39. The van der Waals surface area contributed by atoms with Gasteiger partial charge in [-0.1, -0.05) is 55.5 Å². The van der Waals surface area contributed by atoms with E-state index >= 15 is 0 Å². The highest BCUT2D eigenvalue weighted by atomic mass is 16.1. The van der Waals surface area contributed by atoms with Crippen molar-refractivity contribution in [1.29, 1.82) is 0 Å². The highest BCUT2D eigenvalue weighted by Gasteiger charge is 2.12. The predicted molar refractivity (Wildman–Crippen MR) is 107 cm³/mol. The minimum Gasteiger partial charge on any atom is -0.322 e.